The highest BCUT2D eigenvalue weighted by molar-refractivity contribution is 6.24. The Morgan fingerprint density at radius 2 is 1.05 bits per heavy atom. The van der Waals surface area contributed by atoms with E-state index in [1.54, 1.807) is 0 Å². The van der Waals surface area contributed by atoms with Crippen molar-refractivity contribution >= 4 is 81.4 Å². The van der Waals surface area contributed by atoms with E-state index in [2.05, 4.69) is 188 Å². The Balaban J connectivity index is 0.890. The van der Waals surface area contributed by atoms with E-state index < -0.39 is 0 Å². The number of benzene rings is 10. The molecule has 0 N–H and O–H groups in total. The Labute approximate surface area is 335 Å². The fourth-order valence-corrected chi connectivity index (χ4v) is 10.6. The number of fused-ring (bicyclic) bond motifs is 13. The molecule has 0 radical (unpaired) electrons. The van der Waals surface area contributed by atoms with Crippen LogP contribution in [0.2, 0.25) is 0 Å². The molecule has 0 saturated heterocycles. The van der Waals surface area contributed by atoms with Gasteiger partial charge in [0.05, 0.1) is 0 Å². The normalized spacial score (nSPS) is 15.1. The number of hydrogen-bond acceptors (Lipinski definition) is 1. The Kier molecular flexibility index (Phi) is 6.68. The molecule has 0 amide bonds. The van der Waals surface area contributed by atoms with Crippen LogP contribution in [0.3, 0.4) is 0 Å². The molecule has 58 heavy (non-hydrogen) atoms. The third-order valence-electron chi connectivity index (χ3n) is 13.3. The molecule has 1 unspecified atom stereocenters. The van der Waals surface area contributed by atoms with Gasteiger partial charge in [0.25, 0.3) is 0 Å². The van der Waals surface area contributed by atoms with Gasteiger partial charge in [0.15, 0.2) is 0 Å². The van der Waals surface area contributed by atoms with Gasteiger partial charge in [-0.3, -0.25) is 0 Å². The summed E-state index contributed by atoms with van der Waals surface area (Å²) in [5, 5.41) is 15.1. The summed E-state index contributed by atoms with van der Waals surface area (Å²) in [5.41, 5.74) is 14.2. The van der Waals surface area contributed by atoms with Gasteiger partial charge in [-0.2, -0.15) is 0 Å². The van der Waals surface area contributed by atoms with Crippen LogP contribution in [0.25, 0.3) is 104 Å². The van der Waals surface area contributed by atoms with Gasteiger partial charge in [0.2, 0.25) is 0 Å². The van der Waals surface area contributed by atoms with Crippen molar-refractivity contribution in [3.05, 3.63) is 210 Å². The highest BCUT2D eigenvalue weighted by Gasteiger charge is 2.32. The molecular weight excluding hydrogens is 701 g/mol. The minimum absolute atomic E-state index is 0.385. The van der Waals surface area contributed by atoms with Crippen molar-refractivity contribution in [2.75, 3.05) is 0 Å². The lowest BCUT2D eigenvalue weighted by Crippen LogP contribution is -2.02. The summed E-state index contributed by atoms with van der Waals surface area (Å²) in [6.45, 7) is 0. The first kappa shape index (κ1) is 31.9. The number of para-hydroxylation sites is 1. The van der Waals surface area contributed by atoms with Crippen LogP contribution in [0.15, 0.2) is 198 Å². The van der Waals surface area contributed by atoms with Crippen LogP contribution in [-0.4, -0.2) is 0 Å². The fourth-order valence-electron chi connectivity index (χ4n) is 10.6. The molecule has 0 aliphatic heterocycles. The summed E-state index contributed by atoms with van der Waals surface area (Å²) in [4.78, 5) is 0. The number of rotatable bonds is 3. The second-order valence-corrected chi connectivity index (χ2v) is 16.3. The molecular formula is C57H36O. The summed E-state index contributed by atoms with van der Waals surface area (Å²) in [5.74, 6) is 0.385. The maximum atomic E-state index is 6.56. The third kappa shape index (κ3) is 4.59. The molecule has 2 aliphatic carbocycles. The molecule has 1 nitrogen and oxygen atoms in total. The van der Waals surface area contributed by atoms with E-state index in [0.717, 1.165) is 24.0 Å². The van der Waals surface area contributed by atoms with Crippen LogP contribution in [0.5, 0.6) is 0 Å². The molecule has 0 saturated carbocycles. The topological polar surface area (TPSA) is 13.1 Å². The lowest BCUT2D eigenvalue weighted by atomic mass is 9.83. The van der Waals surface area contributed by atoms with Gasteiger partial charge in [-0.25, -0.2) is 0 Å². The Morgan fingerprint density at radius 3 is 1.84 bits per heavy atom. The predicted octanol–water partition coefficient (Wildman–Crippen LogP) is 15.7. The van der Waals surface area contributed by atoms with Gasteiger partial charge < -0.3 is 4.42 Å². The molecule has 0 fully saturated rings. The molecule has 10 aromatic carbocycles. The van der Waals surface area contributed by atoms with Crippen molar-refractivity contribution in [1.82, 2.24) is 0 Å². The average Bonchev–Trinajstić information content (AvgIpc) is 3.86. The highest BCUT2D eigenvalue weighted by atomic mass is 16.3. The van der Waals surface area contributed by atoms with Crippen LogP contribution in [0.1, 0.15) is 29.0 Å². The number of hydrogen-bond donors (Lipinski definition) is 0. The molecule has 11 aromatic rings. The summed E-state index contributed by atoms with van der Waals surface area (Å²) in [6, 6.07) is 65.1. The Hall–Kier alpha value is -7.22. The zero-order valence-corrected chi connectivity index (χ0v) is 31.8. The van der Waals surface area contributed by atoms with Gasteiger partial charge >= 0.3 is 0 Å². The van der Waals surface area contributed by atoms with Gasteiger partial charge in [-0.15, -0.1) is 0 Å². The van der Waals surface area contributed by atoms with Crippen LogP contribution in [0, 0.1) is 0 Å². The first-order valence-electron chi connectivity index (χ1n) is 20.5. The quantitative estimate of drug-likeness (QED) is 0.165. The van der Waals surface area contributed by atoms with Crippen molar-refractivity contribution in [3.63, 3.8) is 0 Å². The second-order valence-electron chi connectivity index (χ2n) is 16.3. The molecule has 1 heteroatoms. The zero-order chi connectivity index (χ0) is 37.9. The monoisotopic (exact) mass is 736 g/mol. The number of allylic oxidation sites excluding steroid dienone is 4. The van der Waals surface area contributed by atoms with E-state index in [9.17, 15) is 0 Å². The summed E-state index contributed by atoms with van der Waals surface area (Å²) in [6.07, 6.45) is 6.76. The lowest BCUT2D eigenvalue weighted by Gasteiger charge is -2.21. The zero-order valence-electron chi connectivity index (χ0n) is 31.8. The molecule has 1 aromatic heterocycles. The van der Waals surface area contributed by atoms with E-state index in [4.69, 9.17) is 4.42 Å². The van der Waals surface area contributed by atoms with Gasteiger partial charge in [-0.05, 0) is 130 Å². The van der Waals surface area contributed by atoms with E-state index in [-0.39, 0.29) is 0 Å². The van der Waals surface area contributed by atoms with Crippen LogP contribution < -0.4 is 0 Å². The molecule has 1 atom stereocenters. The highest BCUT2D eigenvalue weighted by Crippen LogP contribution is 2.50. The van der Waals surface area contributed by atoms with Crippen LogP contribution in [-0.2, 0) is 6.42 Å². The standard InChI is InChI=1S/C57H36O/c1-2-12-42-34(10-1)11-9-18-45(42)56-48-16-5-3-14-46(48)54(47-15-4-6-17-49(47)56)41-25-23-36-30-37(20-21-38(36)31-41)39-22-24-40-33-52-43(51(40)32-39)28-26-35-27-29-50-44-13-7-8-19-53(44)58-57(50)55(35)52/h1-31,51H,32-33H2. The van der Waals surface area contributed by atoms with E-state index in [0.29, 0.717) is 5.92 Å². The molecule has 1 heterocycles. The summed E-state index contributed by atoms with van der Waals surface area (Å²) in [7, 11) is 0. The smallest absolute Gasteiger partial charge is 0.143 e. The Bertz CT molecular complexity index is 3570. The van der Waals surface area contributed by atoms with Crippen molar-refractivity contribution in [1.29, 1.82) is 0 Å². The van der Waals surface area contributed by atoms with Gasteiger partial charge in [-0.1, -0.05) is 169 Å². The van der Waals surface area contributed by atoms with E-state index >= 15 is 0 Å². The van der Waals surface area contributed by atoms with Gasteiger partial charge in [0, 0.05) is 22.1 Å². The maximum absolute atomic E-state index is 6.56. The number of furan rings is 1. The van der Waals surface area contributed by atoms with Crippen molar-refractivity contribution in [2.24, 2.45) is 0 Å². The second kappa shape index (κ2) is 12.1. The predicted molar refractivity (Wildman–Crippen MR) is 246 cm³/mol. The van der Waals surface area contributed by atoms with Crippen molar-refractivity contribution in [2.45, 2.75) is 18.8 Å². The first-order valence-corrected chi connectivity index (χ1v) is 20.5. The average molecular weight is 737 g/mol. The molecule has 2 aliphatic rings. The largest absolute Gasteiger partial charge is 0.455 e. The van der Waals surface area contributed by atoms with E-state index in [1.165, 1.54) is 115 Å². The third-order valence-corrected chi connectivity index (χ3v) is 13.3. The van der Waals surface area contributed by atoms with Crippen molar-refractivity contribution < 1.29 is 4.42 Å². The minimum atomic E-state index is 0.385. The lowest BCUT2D eigenvalue weighted by molar-refractivity contribution is 0.672. The molecule has 270 valence electrons. The molecule has 13 rings (SSSR count). The maximum Gasteiger partial charge on any atom is 0.143 e. The summed E-state index contributed by atoms with van der Waals surface area (Å²) < 4.78 is 6.56. The first-order chi connectivity index (χ1) is 28.7. The van der Waals surface area contributed by atoms with E-state index in [1.807, 2.05) is 0 Å². The minimum Gasteiger partial charge on any atom is -0.455 e. The van der Waals surface area contributed by atoms with Gasteiger partial charge in [0.1, 0.15) is 11.2 Å². The fraction of sp³-hybridized carbons (Fsp3) is 0.0526. The van der Waals surface area contributed by atoms with Crippen molar-refractivity contribution in [3.8, 4) is 22.3 Å². The molecule has 0 spiro atoms. The SMILES string of the molecule is C1=C(c2ccc3cc(-c4c5ccccc5c(-c5cccc6ccccc56)c5ccccc45)ccc3c2)CC2C(=C1)Cc1c2ccc2ccc3c4ccccc4oc3c12. The van der Waals surface area contributed by atoms with Crippen LogP contribution >= 0.6 is 0 Å². The van der Waals surface area contributed by atoms with Crippen LogP contribution in [0.4, 0.5) is 0 Å². The molecule has 0 bridgehead atoms. The summed E-state index contributed by atoms with van der Waals surface area (Å²) >= 11 is 0. The Morgan fingerprint density at radius 1 is 0.431 bits per heavy atom.